The topological polar surface area (TPSA) is 84.5 Å². The Morgan fingerprint density at radius 1 is 1.06 bits per heavy atom. The van der Waals surface area contributed by atoms with Crippen LogP contribution < -0.4 is 5.69 Å². The van der Waals surface area contributed by atoms with Gasteiger partial charge in [0.25, 0.3) is 0 Å². The number of rotatable bonds is 6. The molecule has 9 heteroatoms. The van der Waals surface area contributed by atoms with Crippen LogP contribution in [0.2, 0.25) is 5.02 Å². The number of ether oxygens (including phenoxy) is 2. The Morgan fingerprint density at radius 3 is 2.42 bits per heavy atom. The summed E-state index contributed by atoms with van der Waals surface area (Å²) in [6.45, 7) is 5.61. The largest absolute Gasteiger partial charge is 0.469 e. The second-order valence-corrected chi connectivity index (χ2v) is 8.03. The van der Waals surface area contributed by atoms with E-state index in [1.807, 2.05) is 24.3 Å². The number of imidazole rings is 1. The molecule has 0 N–H and O–H groups in total. The van der Waals surface area contributed by atoms with Gasteiger partial charge < -0.3 is 9.47 Å². The van der Waals surface area contributed by atoms with Crippen molar-refractivity contribution in [1.82, 2.24) is 13.7 Å². The van der Waals surface area contributed by atoms with Gasteiger partial charge in [0.2, 0.25) is 0 Å². The van der Waals surface area contributed by atoms with Gasteiger partial charge in [-0.15, -0.1) is 0 Å². The molecule has 0 amide bonds. The number of hydrogen-bond donors (Lipinski definition) is 0. The molecule has 0 saturated carbocycles. The van der Waals surface area contributed by atoms with E-state index >= 15 is 0 Å². The van der Waals surface area contributed by atoms with Crippen LogP contribution >= 0.6 is 11.6 Å². The van der Waals surface area contributed by atoms with Gasteiger partial charge in [-0.3, -0.25) is 18.5 Å². The number of nitrogens with zero attached hydrogens (tertiary/aromatic N) is 3. The second kappa shape index (κ2) is 8.99. The third kappa shape index (κ3) is 4.29. The summed E-state index contributed by atoms with van der Waals surface area (Å²) in [7, 11) is 1.32. The van der Waals surface area contributed by atoms with Crippen LogP contribution in [-0.2, 0) is 27.4 Å². The fraction of sp³-hybridized carbons (Fsp3) is 0.208. The summed E-state index contributed by atoms with van der Waals surface area (Å²) in [5, 5.41) is 1.18. The zero-order chi connectivity index (χ0) is 23.7. The highest BCUT2D eigenvalue weighted by atomic mass is 35.5. The number of hydrogen-bond acceptors (Lipinski definition) is 5. The summed E-state index contributed by atoms with van der Waals surface area (Å²) in [4.78, 5) is 37.4. The molecule has 170 valence electrons. The van der Waals surface area contributed by atoms with Gasteiger partial charge in [0, 0.05) is 23.2 Å². The lowest BCUT2D eigenvalue weighted by Crippen LogP contribution is -2.25. The summed E-state index contributed by atoms with van der Waals surface area (Å²) < 4.78 is 14.4. The molecule has 0 spiro atoms. The van der Waals surface area contributed by atoms with Gasteiger partial charge in [0.05, 0.1) is 42.4 Å². The Hall–Kier alpha value is -3.78. The molecule has 2 aromatic carbocycles. The molecule has 0 fully saturated rings. The summed E-state index contributed by atoms with van der Waals surface area (Å²) in [6, 6.07) is 12.6. The van der Waals surface area contributed by atoms with E-state index in [0.717, 1.165) is 16.5 Å². The quantitative estimate of drug-likeness (QED) is 0.307. The third-order valence-corrected chi connectivity index (χ3v) is 5.56. The van der Waals surface area contributed by atoms with Crippen molar-refractivity contribution in [3.8, 4) is 0 Å². The number of para-hydroxylation sites is 2. The van der Waals surface area contributed by atoms with Crippen LogP contribution in [0.5, 0.6) is 0 Å². The first-order valence-electron chi connectivity index (χ1n) is 10.2. The van der Waals surface area contributed by atoms with Crippen molar-refractivity contribution < 1.29 is 19.1 Å². The summed E-state index contributed by atoms with van der Waals surface area (Å²) in [5.41, 5.74) is 2.51. The first-order valence-corrected chi connectivity index (χ1v) is 10.6. The van der Waals surface area contributed by atoms with Crippen molar-refractivity contribution in [3.05, 3.63) is 82.1 Å². The molecule has 0 aliphatic carbocycles. The highest BCUT2D eigenvalue weighted by molar-refractivity contribution is 6.31. The van der Waals surface area contributed by atoms with Gasteiger partial charge in [-0.05, 0) is 42.8 Å². The predicted molar refractivity (Wildman–Crippen MR) is 126 cm³/mol. The molecule has 0 aliphatic heterocycles. The molecule has 0 aliphatic rings. The normalized spacial score (nSPS) is 11.1. The maximum Gasteiger partial charge on any atom is 0.423 e. The Balaban J connectivity index is 1.80. The highest BCUT2D eigenvalue weighted by Crippen LogP contribution is 2.27. The van der Waals surface area contributed by atoms with Crippen LogP contribution in [0.1, 0.15) is 18.9 Å². The minimum absolute atomic E-state index is 0.0828. The van der Waals surface area contributed by atoms with Gasteiger partial charge in [-0.1, -0.05) is 30.3 Å². The van der Waals surface area contributed by atoms with Crippen molar-refractivity contribution in [1.29, 1.82) is 0 Å². The van der Waals surface area contributed by atoms with E-state index in [1.165, 1.54) is 11.7 Å². The maximum atomic E-state index is 13.3. The smallest absolute Gasteiger partial charge is 0.423 e. The highest BCUT2D eigenvalue weighted by Gasteiger charge is 2.18. The maximum absolute atomic E-state index is 13.3. The Labute approximate surface area is 194 Å². The van der Waals surface area contributed by atoms with Crippen LogP contribution in [0.4, 0.5) is 4.79 Å². The molecule has 0 atom stereocenters. The van der Waals surface area contributed by atoms with E-state index < -0.39 is 12.1 Å². The van der Waals surface area contributed by atoms with Crippen molar-refractivity contribution in [2.75, 3.05) is 7.11 Å². The summed E-state index contributed by atoms with van der Waals surface area (Å²) in [5.74, 6) is -0.117. The Morgan fingerprint density at radius 2 is 1.76 bits per heavy atom. The van der Waals surface area contributed by atoms with Crippen LogP contribution in [-0.4, -0.2) is 32.9 Å². The zero-order valence-electron chi connectivity index (χ0n) is 18.2. The van der Waals surface area contributed by atoms with Gasteiger partial charge in [0.15, 0.2) is 0 Å². The van der Waals surface area contributed by atoms with E-state index in [0.29, 0.717) is 16.1 Å². The number of aromatic nitrogens is 3. The van der Waals surface area contributed by atoms with Crippen LogP contribution in [0.3, 0.4) is 0 Å². The first kappa shape index (κ1) is 22.4. The monoisotopic (exact) mass is 467 g/mol. The summed E-state index contributed by atoms with van der Waals surface area (Å²) >= 11 is 6.37. The zero-order valence-corrected chi connectivity index (χ0v) is 19.0. The lowest BCUT2D eigenvalue weighted by molar-refractivity contribution is -0.140. The summed E-state index contributed by atoms with van der Waals surface area (Å²) in [6.07, 6.45) is 1.08. The first-order chi connectivity index (χ1) is 15.8. The number of carbonyl (C=O) groups is 2. The number of halogens is 1. The fourth-order valence-corrected chi connectivity index (χ4v) is 4.12. The SMILES string of the molecule is C=C(C)OC(=O)n1ccc2c(Cn3c(=O)n(CCC(=O)OC)c4ccccc43)cc(Cl)cc21. The van der Waals surface area contributed by atoms with Crippen molar-refractivity contribution in [3.63, 3.8) is 0 Å². The molecular weight excluding hydrogens is 446 g/mol. The number of benzene rings is 2. The van der Waals surface area contributed by atoms with Gasteiger partial charge >= 0.3 is 17.8 Å². The molecule has 2 aromatic heterocycles. The number of allylic oxidation sites excluding steroid dienone is 1. The predicted octanol–water partition coefficient (Wildman–Crippen LogP) is 4.54. The molecule has 0 radical (unpaired) electrons. The second-order valence-electron chi connectivity index (χ2n) is 7.59. The van der Waals surface area contributed by atoms with Crippen LogP contribution in [0, 0.1) is 0 Å². The number of carbonyl (C=O) groups excluding carboxylic acids is 2. The third-order valence-electron chi connectivity index (χ3n) is 5.34. The van der Waals surface area contributed by atoms with E-state index in [1.54, 1.807) is 40.5 Å². The molecule has 8 nitrogen and oxygen atoms in total. The van der Waals surface area contributed by atoms with E-state index in [4.69, 9.17) is 21.1 Å². The molecule has 33 heavy (non-hydrogen) atoms. The fourth-order valence-electron chi connectivity index (χ4n) is 3.88. The Kier molecular flexibility index (Phi) is 6.11. The van der Waals surface area contributed by atoms with Crippen LogP contribution in [0.15, 0.2) is 65.8 Å². The number of fused-ring (bicyclic) bond motifs is 2. The number of aryl methyl sites for hydroxylation is 1. The lowest BCUT2D eigenvalue weighted by atomic mass is 10.1. The lowest BCUT2D eigenvalue weighted by Gasteiger charge is -2.09. The van der Waals surface area contributed by atoms with E-state index in [9.17, 15) is 14.4 Å². The van der Waals surface area contributed by atoms with E-state index in [-0.39, 0.29) is 31.0 Å². The molecule has 4 rings (SSSR count). The average Bonchev–Trinajstić information content (AvgIpc) is 3.31. The minimum Gasteiger partial charge on any atom is -0.469 e. The van der Waals surface area contributed by atoms with Crippen molar-refractivity contribution in [2.24, 2.45) is 0 Å². The molecule has 4 aromatic rings. The van der Waals surface area contributed by atoms with Crippen LogP contribution in [0.25, 0.3) is 21.9 Å². The molecule has 0 unspecified atom stereocenters. The minimum atomic E-state index is -0.595. The van der Waals surface area contributed by atoms with E-state index in [2.05, 4.69) is 6.58 Å². The average molecular weight is 468 g/mol. The molecule has 2 heterocycles. The number of methoxy groups -OCH3 is 1. The number of esters is 1. The molecular formula is C24H22ClN3O5. The van der Waals surface area contributed by atoms with Gasteiger partial charge in [-0.2, -0.15) is 0 Å². The standard InChI is InChI=1S/C24H22ClN3O5/c1-15(2)33-24(31)27-10-8-18-16(12-17(25)13-21(18)27)14-28-20-7-5-4-6-19(20)26(23(28)30)11-9-22(29)32-3/h4-8,10,12-13H,1,9,11,14H2,2-3H3. The Bertz CT molecular complexity index is 1460. The molecule has 0 bridgehead atoms. The van der Waals surface area contributed by atoms with Gasteiger partial charge in [0.1, 0.15) is 0 Å². The van der Waals surface area contributed by atoms with Crippen molar-refractivity contribution >= 4 is 45.6 Å². The molecule has 0 saturated heterocycles. The van der Waals surface area contributed by atoms with Crippen molar-refractivity contribution in [2.45, 2.75) is 26.4 Å². The van der Waals surface area contributed by atoms with Gasteiger partial charge in [-0.25, -0.2) is 9.59 Å².